The van der Waals surface area contributed by atoms with Crippen LogP contribution in [-0.4, -0.2) is 18.0 Å². The average Bonchev–Trinajstić information content (AvgIpc) is 2.08. The largest absolute Gasteiger partial charge is 0.377 e. The molecule has 1 amide bonds. The maximum Gasteiger partial charge on any atom is 0.259 e. The fourth-order valence-electron chi connectivity index (χ4n) is 1.23. The summed E-state index contributed by atoms with van der Waals surface area (Å²) < 4.78 is 12.7. The van der Waals surface area contributed by atoms with Crippen LogP contribution in [0.2, 0.25) is 0 Å². The summed E-state index contributed by atoms with van der Waals surface area (Å²) in [6.07, 6.45) is 0.270. The minimum absolute atomic E-state index is 0.126. The Morgan fingerprint density at radius 2 is 2.31 bits per heavy atom. The standard InChI is InChI=1S/C9H8FNO2/c1-11-9(12)4-6-2-3-7(10)5-8(6)13-11/h2-3,5H,4H2,1H3. The Bertz CT molecular complexity index is 365. The molecule has 0 aliphatic carbocycles. The number of benzene rings is 1. The van der Waals surface area contributed by atoms with Gasteiger partial charge in [-0.25, -0.2) is 4.39 Å². The summed E-state index contributed by atoms with van der Waals surface area (Å²) in [7, 11) is 1.51. The number of fused-ring (bicyclic) bond motifs is 1. The number of hydroxylamine groups is 2. The van der Waals surface area contributed by atoms with Crippen LogP contribution in [0.3, 0.4) is 0 Å². The van der Waals surface area contributed by atoms with Crippen LogP contribution in [-0.2, 0) is 11.2 Å². The first-order valence-corrected chi connectivity index (χ1v) is 3.90. The van der Waals surface area contributed by atoms with Gasteiger partial charge >= 0.3 is 0 Å². The van der Waals surface area contributed by atoms with Gasteiger partial charge in [-0.05, 0) is 6.07 Å². The molecular formula is C9H8FNO2. The van der Waals surface area contributed by atoms with Gasteiger partial charge in [-0.2, -0.15) is 5.06 Å². The number of carbonyl (C=O) groups is 1. The van der Waals surface area contributed by atoms with Gasteiger partial charge in [0.05, 0.1) is 6.42 Å². The SMILES string of the molecule is CN1Oc2cc(F)ccc2CC1=O. The lowest BCUT2D eigenvalue weighted by molar-refractivity contribution is -0.154. The highest BCUT2D eigenvalue weighted by molar-refractivity contribution is 5.79. The van der Waals surface area contributed by atoms with Crippen LogP contribution in [0.4, 0.5) is 4.39 Å². The molecule has 0 atom stereocenters. The third-order valence-corrected chi connectivity index (χ3v) is 1.96. The lowest BCUT2D eigenvalue weighted by Gasteiger charge is -2.24. The first-order chi connectivity index (χ1) is 6.16. The minimum Gasteiger partial charge on any atom is -0.377 e. The molecule has 0 radical (unpaired) electrons. The van der Waals surface area contributed by atoms with Gasteiger partial charge in [-0.1, -0.05) is 6.07 Å². The van der Waals surface area contributed by atoms with E-state index in [1.54, 1.807) is 6.07 Å². The van der Waals surface area contributed by atoms with Gasteiger partial charge in [0, 0.05) is 18.7 Å². The van der Waals surface area contributed by atoms with Crippen molar-refractivity contribution in [2.45, 2.75) is 6.42 Å². The van der Waals surface area contributed by atoms with Gasteiger partial charge in [0.25, 0.3) is 5.91 Å². The highest BCUT2D eigenvalue weighted by atomic mass is 19.1. The lowest BCUT2D eigenvalue weighted by atomic mass is 10.1. The number of carbonyl (C=O) groups excluding carboxylic acids is 1. The van der Waals surface area contributed by atoms with Crippen LogP contribution in [0.25, 0.3) is 0 Å². The van der Waals surface area contributed by atoms with E-state index in [0.717, 1.165) is 10.6 Å². The number of nitrogens with zero attached hydrogens (tertiary/aromatic N) is 1. The molecule has 0 N–H and O–H groups in total. The molecule has 0 saturated carbocycles. The maximum absolute atomic E-state index is 12.7. The highest BCUT2D eigenvalue weighted by Crippen LogP contribution is 2.25. The fourth-order valence-corrected chi connectivity index (χ4v) is 1.23. The van der Waals surface area contributed by atoms with Gasteiger partial charge in [0.2, 0.25) is 0 Å². The minimum atomic E-state index is -0.360. The first-order valence-electron chi connectivity index (χ1n) is 3.90. The molecule has 13 heavy (non-hydrogen) atoms. The van der Waals surface area contributed by atoms with E-state index in [4.69, 9.17) is 4.84 Å². The van der Waals surface area contributed by atoms with Gasteiger partial charge < -0.3 is 4.84 Å². The van der Waals surface area contributed by atoms with Gasteiger partial charge in [-0.3, -0.25) is 4.79 Å². The Morgan fingerprint density at radius 1 is 1.54 bits per heavy atom. The predicted octanol–water partition coefficient (Wildman–Crippen LogP) is 1.13. The lowest BCUT2D eigenvalue weighted by Crippen LogP contribution is -2.35. The van der Waals surface area contributed by atoms with Crippen molar-refractivity contribution >= 4 is 5.91 Å². The van der Waals surface area contributed by atoms with Crippen LogP contribution in [0, 0.1) is 5.82 Å². The van der Waals surface area contributed by atoms with E-state index in [2.05, 4.69) is 0 Å². The topological polar surface area (TPSA) is 29.5 Å². The number of rotatable bonds is 0. The van der Waals surface area contributed by atoms with Crippen LogP contribution < -0.4 is 4.84 Å². The number of amides is 1. The highest BCUT2D eigenvalue weighted by Gasteiger charge is 2.21. The zero-order chi connectivity index (χ0) is 9.42. The molecular weight excluding hydrogens is 173 g/mol. The number of hydrogen-bond donors (Lipinski definition) is 0. The predicted molar refractivity (Wildman–Crippen MR) is 43.5 cm³/mol. The van der Waals surface area contributed by atoms with E-state index in [1.165, 1.54) is 19.2 Å². The van der Waals surface area contributed by atoms with E-state index in [9.17, 15) is 9.18 Å². The van der Waals surface area contributed by atoms with Crippen LogP contribution in [0.1, 0.15) is 5.56 Å². The summed E-state index contributed by atoms with van der Waals surface area (Å²) in [6.45, 7) is 0. The summed E-state index contributed by atoms with van der Waals surface area (Å²) in [4.78, 5) is 16.2. The van der Waals surface area contributed by atoms with Crippen molar-refractivity contribution in [3.8, 4) is 5.75 Å². The number of likely N-dealkylation sites (N-methyl/N-ethyl adjacent to an activating group) is 1. The Balaban J connectivity index is 2.42. The van der Waals surface area contributed by atoms with Gasteiger partial charge in [0.1, 0.15) is 5.82 Å². The summed E-state index contributed by atoms with van der Waals surface area (Å²) in [5.41, 5.74) is 0.726. The summed E-state index contributed by atoms with van der Waals surface area (Å²) >= 11 is 0. The molecule has 0 spiro atoms. The normalized spacial score (nSPS) is 15.2. The molecule has 0 bridgehead atoms. The van der Waals surface area contributed by atoms with Gasteiger partial charge in [0.15, 0.2) is 5.75 Å². The third-order valence-electron chi connectivity index (χ3n) is 1.96. The molecule has 0 aromatic heterocycles. The number of halogens is 1. The fraction of sp³-hybridized carbons (Fsp3) is 0.222. The molecule has 2 rings (SSSR count). The van der Waals surface area contributed by atoms with Crippen molar-refractivity contribution < 1.29 is 14.0 Å². The Morgan fingerprint density at radius 3 is 3.08 bits per heavy atom. The molecule has 0 saturated heterocycles. The summed E-state index contributed by atoms with van der Waals surface area (Å²) in [5.74, 6) is -0.0669. The van der Waals surface area contributed by atoms with Crippen LogP contribution in [0.5, 0.6) is 5.75 Å². The van der Waals surface area contributed by atoms with E-state index in [-0.39, 0.29) is 18.1 Å². The molecule has 68 valence electrons. The Hall–Kier alpha value is -1.58. The summed E-state index contributed by atoms with van der Waals surface area (Å²) in [6, 6.07) is 4.16. The Kier molecular flexibility index (Phi) is 1.69. The van der Waals surface area contributed by atoms with Crippen LogP contribution >= 0.6 is 0 Å². The molecule has 3 nitrogen and oxygen atoms in total. The molecule has 0 fully saturated rings. The smallest absolute Gasteiger partial charge is 0.259 e. The van der Waals surface area contributed by atoms with E-state index < -0.39 is 0 Å². The second kappa shape index (κ2) is 2.73. The van der Waals surface area contributed by atoms with Crippen molar-refractivity contribution in [2.24, 2.45) is 0 Å². The molecule has 1 aromatic carbocycles. The quantitative estimate of drug-likeness (QED) is 0.600. The molecule has 0 unspecified atom stereocenters. The van der Waals surface area contributed by atoms with E-state index >= 15 is 0 Å². The molecule has 1 aromatic rings. The average molecular weight is 181 g/mol. The second-order valence-corrected chi connectivity index (χ2v) is 2.91. The monoisotopic (exact) mass is 181 g/mol. The molecule has 4 heteroatoms. The number of hydrogen-bond acceptors (Lipinski definition) is 2. The van der Waals surface area contributed by atoms with E-state index in [0.29, 0.717) is 5.75 Å². The van der Waals surface area contributed by atoms with E-state index in [1.807, 2.05) is 0 Å². The molecule has 1 aliphatic rings. The van der Waals surface area contributed by atoms with Crippen LogP contribution in [0.15, 0.2) is 18.2 Å². The zero-order valence-corrected chi connectivity index (χ0v) is 7.08. The van der Waals surface area contributed by atoms with Crippen molar-refractivity contribution in [1.29, 1.82) is 0 Å². The van der Waals surface area contributed by atoms with Gasteiger partial charge in [-0.15, -0.1) is 0 Å². The molecule has 1 heterocycles. The second-order valence-electron chi connectivity index (χ2n) is 2.91. The molecule has 1 aliphatic heterocycles. The van der Waals surface area contributed by atoms with Crippen molar-refractivity contribution in [2.75, 3.05) is 7.05 Å². The summed E-state index contributed by atoms with van der Waals surface area (Å²) in [5, 5.41) is 1.11. The zero-order valence-electron chi connectivity index (χ0n) is 7.08. The maximum atomic E-state index is 12.7. The first kappa shape index (κ1) is 8.04. The Labute approximate surface area is 74.7 Å². The van der Waals surface area contributed by atoms with Crippen molar-refractivity contribution in [1.82, 2.24) is 5.06 Å². The third kappa shape index (κ3) is 1.35. The van der Waals surface area contributed by atoms with Crippen molar-refractivity contribution in [3.63, 3.8) is 0 Å². The van der Waals surface area contributed by atoms with Crippen molar-refractivity contribution in [3.05, 3.63) is 29.6 Å².